The molecule has 8 heteroatoms. The standard InChI is InChI=1S/C23H19N5O3/c29-23(31-16-18-10-5-2-6-11-18)26-20-14-24-21(19-12-7-13-25-28-19)27-22(20)30-15-17-8-3-1-4-9-17/h1-14H,15-16H2,(H,26,29). The maximum absolute atomic E-state index is 12.3. The third-order valence-electron chi connectivity index (χ3n) is 4.22. The van der Waals surface area contributed by atoms with Crippen molar-refractivity contribution in [3.05, 3.63) is 96.3 Å². The van der Waals surface area contributed by atoms with Gasteiger partial charge in [-0.05, 0) is 23.3 Å². The highest BCUT2D eigenvalue weighted by Gasteiger charge is 2.15. The van der Waals surface area contributed by atoms with Crippen LogP contribution in [0.1, 0.15) is 11.1 Å². The molecule has 2 aromatic heterocycles. The average molecular weight is 413 g/mol. The van der Waals surface area contributed by atoms with E-state index in [1.807, 2.05) is 60.7 Å². The van der Waals surface area contributed by atoms with E-state index in [0.717, 1.165) is 11.1 Å². The first-order chi connectivity index (χ1) is 15.3. The van der Waals surface area contributed by atoms with Crippen LogP contribution in [0.2, 0.25) is 0 Å². The van der Waals surface area contributed by atoms with Crippen molar-refractivity contribution in [3.8, 4) is 17.4 Å². The highest BCUT2D eigenvalue weighted by atomic mass is 16.5. The Morgan fingerprint density at radius 1 is 0.871 bits per heavy atom. The van der Waals surface area contributed by atoms with Crippen LogP contribution < -0.4 is 10.1 Å². The smallest absolute Gasteiger partial charge is 0.412 e. The van der Waals surface area contributed by atoms with E-state index in [1.54, 1.807) is 18.3 Å². The van der Waals surface area contributed by atoms with E-state index >= 15 is 0 Å². The minimum absolute atomic E-state index is 0.144. The summed E-state index contributed by atoms with van der Waals surface area (Å²) >= 11 is 0. The number of aromatic nitrogens is 4. The first-order valence-electron chi connectivity index (χ1n) is 9.57. The minimum atomic E-state index is -0.635. The Balaban J connectivity index is 1.51. The van der Waals surface area contributed by atoms with Gasteiger partial charge in [0.25, 0.3) is 0 Å². The number of carbonyl (C=O) groups is 1. The van der Waals surface area contributed by atoms with Gasteiger partial charge in [-0.15, -0.1) is 5.10 Å². The molecule has 0 atom stereocenters. The van der Waals surface area contributed by atoms with Crippen LogP contribution in [0.15, 0.2) is 85.2 Å². The summed E-state index contributed by atoms with van der Waals surface area (Å²) in [4.78, 5) is 21.0. The summed E-state index contributed by atoms with van der Waals surface area (Å²) in [5.41, 5.74) is 2.62. The number of nitrogens with one attached hydrogen (secondary N) is 1. The lowest BCUT2D eigenvalue weighted by Crippen LogP contribution is -2.15. The molecule has 4 aromatic rings. The highest BCUT2D eigenvalue weighted by molar-refractivity contribution is 5.86. The number of ether oxygens (including phenoxy) is 2. The predicted octanol–water partition coefficient (Wildman–Crippen LogP) is 4.26. The topological polar surface area (TPSA) is 99.1 Å². The van der Waals surface area contributed by atoms with E-state index in [4.69, 9.17) is 9.47 Å². The Morgan fingerprint density at radius 2 is 1.58 bits per heavy atom. The highest BCUT2D eigenvalue weighted by Crippen LogP contribution is 2.25. The van der Waals surface area contributed by atoms with Gasteiger partial charge in [-0.2, -0.15) is 10.1 Å². The van der Waals surface area contributed by atoms with Crippen molar-refractivity contribution in [3.63, 3.8) is 0 Å². The predicted molar refractivity (Wildman–Crippen MR) is 114 cm³/mol. The lowest BCUT2D eigenvalue weighted by atomic mass is 10.2. The normalized spacial score (nSPS) is 10.3. The number of hydrogen-bond donors (Lipinski definition) is 1. The Hall–Kier alpha value is -4.33. The second kappa shape index (κ2) is 9.93. The molecule has 154 valence electrons. The monoisotopic (exact) mass is 413 g/mol. The second-order valence-corrected chi connectivity index (χ2v) is 6.48. The van der Waals surface area contributed by atoms with Gasteiger partial charge in [0.1, 0.15) is 24.6 Å². The molecule has 0 unspecified atom stereocenters. The number of benzene rings is 2. The van der Waals surface area contributed by atoms with Gasteiger partial charge < -0.3 is 9.47 Å². The number of amides is 1. The quantitative estimate of drug-likeness (QED) is 0.483. The number of anilines is 1. The molecule has 2 heterocycles. The van der Waals surface area contributed by atoms with Crippen molar-refractivity contribution in [2.45, 2.75) is 13.2 Å². The zero-order valence-electron chi connectivity index (χ0n) is 16.5. The van der Waals surface area contributed by atoms with Crippen molar-refractivity contribution in [2.24, 2.45) is 0 Å². The largest absolute Gasteiger partial charge is 0.471 e. The number of rotatable bonds is 7. The van der Waals surface area contributed by atoms with Gasteiger partial charge in [0, 0.05) is 6.20 Å². The van der Waals surface area contributed by atoms with Gasteiger partial charge in [0.15, 0.2) is 5.82 Å². The van der Waals surface area contributed by atoms with Crippen molar-refractivity contribution < 1.29 is 14.3 Å². The third kappa shape index (κ3) is 5.60. The van der Waals surface area contributed by atoms with Crippen molar-refractivity contribution in [1.82, 2.24) is 20.2 Å². The van der Waals surface area contributed by atoms with Crippen LogP contribution in [0.4, 0.5) is 10.5 Å². The molecule has 0 aliphatic heterocycles. The van der Waals surface area contributed by atoms with Crippen molar-refractivity contribution >= 4 is 11.8 Å². The molecule has 0 radical (unpaired) electrons. The van der Waals surface area contributed by atoms with Crippen LogP contribution in [-0.2, 0) is 18.0 Å². The fourth-order valence-corrected chi connectivity index (χ4v) is 2.70. The zero-order valence-corrected chi connectivity index (χ0v) is 16.5. The first kappa shape index (κ1) is 20.0. The Kier molecular flexibility index (Phi) is 6.39. The first-order valence-corrected chi connectivity index (χ1v) is 9.57. The van der Waals surface area contributed by atoms with Gasteiger partial charge >= 0.3 is 6.09 Å². The van der Waals surface area contributed by atoms with E-state index in [-0.39, 0.29) is 19.1 Å². The maximum Gasteiger partial charge on any atom is 0.412 e. The molecule has 1 N–H and O–H groups in total. The Labute approximate surface area is 178 Å². The molecule has 8 nitrogen and oxygen atoms in total. The van der Waals surface area contributed by atoms with Crippen LogP contribution >= 0.6 is 0 Å². The molecule has 0 saturated carbocycles. The van der Waals surface area contributed by atoms with Crippen LogP contribution in [0, 0.1) is 0 Å². The summed E-state index contributed by atoms with van der Waals surface area (Å²) in [6.45, 7) is 0.414. The van der Waals surface area contributed by atoms with Gasteiger partial charge in [0.05, 0.1) is 6.20 Å². The lowest BCUT2D eigenvalue weighted by Gasteiger charge is -2.13. The molecular formula is C23H19N5O3. The van der Waals surface area contributed by atoms with Crippen molar-refractivity contribution in [2.75, 3.05) is 5.32 Å². The summed E-state index contributed by atoms with van der Waals surface area (Å²) in [7, 11) is 0. The summed E-state index contributed by atoms with van der Waals surface area (Å²) < 4.78 is 11.2. The summed E-state index contributed by atoms with van der Waals surface area (Å²) in [6.07, 6.45) is 2.39. The zero-order chi connectivity index (χ0) is 21.3. The molecule has 0 saturated heterocycles. The maximum atomic E-state index is 12.3. The summed E-state index contributed by atoms with van der Waals surface area (Å²) in [6, 6.07) is 22.5. The van der Waals surface area contributed by atoms with Gasteiger partial charge in [-0.1, -0.05) is 60.7 Å². The molecule has 0 aliphatic carbocycles. The Morgan fingerprint density at radius 3 is 2.26 bits per heavy atom. The average Bonchev–Trinajstić information content (AvgIpc) is 2.84. The molecule has 2 aromatic carbocycles. The lowest BCUT2D eigenvalue weighted by molar-refractivity contribution is 0.155. The van der Waals surface area contributed by atoms with Crippen LogP contribution in [0.5, 0.6) is 5.88 Å². The van der Waals surface area contributed by atoms with Gasteiger partial charge in [-0.25, -0.2) is 9.78 Å². The van der Waals surface area contributed by atoms with E-state index in [1.165, 1.54) is 6.20 Å². The molecule has 0 bridgehead atoms. The van der Waals surface area contributed by atoms with Crippen LogP contribution in [0.25, 0.3) is 11.5 Å². The fraction of sp³-hybridized carbons (Fsp3) is 0.0870. The van der Waals surface area contributed by atoms with Crippen molar-refractivity contribution in [1.29, 1.82) is 0 Å². The van der Waals surface area contributed by atoms with E-state index in [0.29, 0.717) is 17.2 Å². The van der Waals surface area contributed by atoms with Crippen LogP contribution in [0.3, 0.4) is 0 Å². The summed E-state index contributed by atoms with van der Waals surface area (Å²) in [5, 5.41) is 10.5. The molecule has 4 rings (SSSR count). The number of carbonyl (C=O) groups excluding carboxylic acids is 1. The molecule has 1 amide bonds. The fourth-order valence-electron chi connectivity index (χ4n) is 2.70. The van der Waals surface area contributed by atoms with Crippen LogP contribution in [-0.4, -0.2) is 26.3 Å². The molecule has 31 heavy (non-hydrogen) atoms. The van der Waals surface area contributed by atoms with Gasteiger partial charge in [0.2, 0.25) is 5.88 Å². The SMILES string of the molecule is O=C(Nc1cnc(-c2cccnn2)nc1OCc1ccccc1)OCc1ccccc1. The van der Waals surface area contributed by atoms with Gasteiger partial charge in [-0.3, -0.25) is 5.32 Å². The minimum Gasteiger partial charge on any atom is -0.471 e. The molecule has 0 aliphatic rings. The number of hydrogen-bond acceptors (Lipinski definition) is 7. The molecular weight excluding hydrogens is 394 g/mol. The third-order valence-corrected chi connectivity index (χ3v) is 4.22. The van der Waals surface area contributed by atoms with E-state index in [9.17, 15) is 4.79 Å². The van der Waals surface area contributed by atoms with E-state index in [2.05, 4.69) is 25.5 Å². The Bertz CT molecular complexity index is 1130. The summed E-state index contributed by atoms with van der Waals surface area (Å²) in [5.74, 6) is 0.538. The number of nitrogens with zero attached hydrogens (tertiary/aromatic N) is 4. The second-order valence-electron chi connectivity index (χ2n) is 6.48. The molecule has 0 spiro atoms. The molecule has 0 fully saturated rings. The van der Waals surface area contributed by atoms with E-state index < -0.39 is 6.09 Å².